The van der Waals surface area contributed by atoms with Crippen LogP contribution in [0.4, 0.5) is 0 Å². The molecule has 15 heavy (non-hydrogen) atoms. The molecule has 0 aliphatic rings. The molecular weight excluding hydrogens is 301 g/mol. The smallest absolute Gasteiger partial charge is 0.167 e. The van der Waals surface area contributed by atoms with E-state index in [1.165, 1.54) is 0 Å². The fourth-order valence-electron chi connectivity index (χ4n) is 1.12. The highest BCUT2D eigenvalue weighted by atomic mass is 79.9. The zero-order valence-electron chi connectivity index (χ0n) is 7.71. The molecule has 0 amide bonds. The van der Waals surface area contributed by atoms with E-state index in [1.807, 2.05) is 6.92 Å². The molecule has 0 N–H and O–H groups in total. The fourth-order valence-corrected chi connectivity index (χ4v) is 2.07. The SMILES string of the molecule is Cc1nn(-c2ncc(Cl)cc2Br)cc1Cl. The molecule has 0 aliphatic heterocycles. The summed E-state index contributed by atoms with van der Waals surface area (Å²) in [6.45, 7) is 1.84. The molecule has 0 spiro atoms. The van der Waals surface area contributed by atoms with Crippen molar-refractivity contribution >= 4 is 39.1 Å². The van der Waals surface area contributed by atoms with Gasteiger partial charge in [0.1, 0.15) is 0 Å². The molecule has 0 radical (unpaired) electrons. The van der Waals surface area contributed by atoms with Gasteiger partial charge in [-0.2, -0.15) is 5.10 Å². The van der Waals surface area contributed by atoms with Crippen LogP contribution in [0.1, 0.15) is 5.69 Å². The normalized spacial score (nSPS) is 10.7. The largest absolute Gasteiger partial charge is 0.235 e. The lowest BCUT2D eigenvalue weighted by Gasteiger charge is -2.02. The highest BCUT2D eigenvalue weighted by Crippen LogP contribution is 2.23. The number of rotatable bonds is 1. The Kier molecular flexibility index (Phi) is 3.00. The van der Waals surface area contributed by atoms with Gasteiger partial charge in [0, 0.05) is 6.20 Å². The average molecular weight is 307 g/mol. The van der Waals surface area contributed by atoms with E-state index in [2.05, 4.69) is 26.0 Å². The first-order valence-corrected chi connectivity index (χ1v) is 5.66. The molecule has 0 fully saturated rings. The first-order valence-electron chi connectivity index (χ1n) is 4.11. The molecule has 0 unspecified atom stereocenters. The molecule has 0 aliphatic carbocycles. The molecule has 0 aromatic carbocycles. The second kappa shape index (κ2) is 4.12. The van der Waals surface area contributed by atoms with Gasteiger partial charge in [0.25, 0.3) is 0 Å². The van der Waals surface area contributed by atoms with Gasteiger partial charge in [-0.05, 0) is 28.9 Å². The van der Waals surface area contributed by atoms with Crippen molar-refractivity contribution in [3.63, 3.8) is 0 Å². The van der Waals surface area contributed by atoms with E-state index in [4.69, 9.17) is 23.2 Å². The van der Waals surface area contributed by atoms with Crippen molar-refractivity contribution in [2.45, 2.75) is 6.92 Å². The van der Waals surface area contributed by atoms with E-state index in [0.29, 0.717) is 15.9 Å². The van der Waals surface area contributed by atoms with Crippen LogP contribution in [0.5, 0.6) is 0 Å². The summed E-state index contributed by atoms with van der Waals surface area (Å²) in [6, 6.07) is 1.76. The summed E-state index contributed by atoms with van der Waals surface area (Å²) in [4.78, 5) is 4.17. The van der Waals surface area contributed by atoms with Crippen LogP contribution in [0.15, 0.2) is 22.9 Å². The molecule has 0 bridgehead atoms. The molecule has 78 valence electrons. The number of hydrogen-bond donors (Lipinski definition) is 0. The summed E-state index contributed by atoms with van der Waals surface area (Å²) < 4.78 is 2.38. The number of aromatic nitrogens is 3. The van der Waals surface area contributed by atoms with Crippen LogP contribution < -0.4 is 0 Å². The second-order valence-corrected chi connectivity index (χ2v) is 4.66. The maximum absolute atomic E-state index is 5.91. The standard InChI is InChI=1S/C9H6BrCl2N3/c1-5-8(12)4-15(14-5)9-7(10)2-6(11)3-13-9/h2-4H,1H3. The number of nitrogens with zero attached hydrogens (tertiary/aromatic N) is 3. The van der Waals surface area contributed by atoms with E-state index < -0.39 is 0 Å². The molecule has 2 heterocycles. The van der Waals surface area contributed by atoms with Gasteiger partial charge in [-0.3, -0.25) is 0 Å². The van der Waals surface area contributed by atoms with Crippen LogP contribution in [-0.2, 0) is 0 Å². The number of halogens is 3. The van der Waals surface area contributed by atoms with Crippen molar-refractivity contribution in [1.29, 1.82) is 0 Å². The van der Waals surface area contributed by atoms with Gasteiger partial charge in [-0.25, -0.2) is 9.67 Å². The van der Waals surface area contributed by atoms with Crippen molar-refractivity contribution in [3.8, 4) is 5.82 Å². The van der Waals surface area contributed by atoms with Gasteiger partial charge in [0.2, 0.25) is 0 Å². The summed E-state index contributed by atoms with van der Waals surface area (Å²) in [6.07, 6.45) is 3.27. The summed E-state index contributed by atoms with van der Waals surface area (Å²) in [5.41, 5.74) is 0.764. The summed E-state index contributed by atoms with van der Waals surface area (Å²) in [5, 5.41) is 5.40. The van der Waals surface area contributed by atoms with Crippen LogP contribution >= 0.6 is 39.1 Å². The third-order valence-corrected chi connectivity index (χ3v) is 3.01. The van der Waals surface area contributed by atoms with Crippen LogP contribution in [-0.4, -0.2) is 14.8 Å². The van der Waals surface area contributed by atoms with E-state index in [0.717, 1.165) is 10.2 Å². The molecule has 0 atom stereocenters. The van der Waals surface area contributed by atoms with Crippen LogP contribution in [0.25, 0.3) is 5.82 Å². The Balaban J connectivity index is 2.54. The zero-order valence-corrected chi connectivity index (χ0v) is 10.8. The minimum absolute atomic E-state index is 0.570. The minimum atomic E-state index is 0.570. The highest BCUT2D eigenvalue weighted by molar-refractivity contribution is 9.10. The predicted molar refractivity (Wildman–Crippen MR) is 63.8 cm³/mol. The molecule has 2 aromatic rings. The monoisotopic (exact) mass is 305 g/mol. The van der Waals surface area contributed by atoms with E-state index in [9.17, 15) is 0 Å². The molecule has 6 heteroatoms. The van der Waals surface area contributed by atoms with Crippen molar-refractivity contribution in [1.82, 2.24) is 14.8 Å². The number of hydrogen-bond acceptors (Lipinski definition) is 2. The highest BCUT2D eigenvalue weighted by Gasteiger charge is 2.08. The summed E-state index contributed by atoms with van der Waals surface area (Å²) >= 11 is 15.1. The van der Waals surface area contributed by atoms with Crippen molar-refractivity contribution < 1.29 is 0 Å². The van der Waals surface area contributed by atoms with Crippen molar-refractivity contribution in [2.75, 3.05) is 0 Å². The lowest BCUT2D eigenvalue weighted by Crippen LogP contribution is -1.99. The molecule has 3 nitrogen and oxygen atoms in total. The molecular formula is C9H6BrCl2N3. The fraction of sp³-hybridized carbons (Fsp3) is 0.111. The summed E-state index contributed by atoms with van der Waals surface area (Å²) in [5.74, 6) is 0.661. The third kappa shape index (κ3) is 2.17. The summed E-state index contributed by atoms with van der Waals surface area (Å²) in [7, 11) is 0. The van der Waals surface area contributed by atoms with Gasteiger partial charge in [0.05, 0.1) is 26.4 Å². The Morgan fingerprint density at radius 1 is 1.40 bits per heavy atom. The van der Waals surface area contributed by atoms with E-state index in [1.54, 1.807) is 23.1 Å². The van der Waals surface area contributed by atoms with E-state index >= 15 is 0 Å². The van der Waals surface area contributed by atoms with Crippen LogP contribution in [0, 0.1) is 6.92 Å². The Hall–Kier alpha value is -0.580. The van der Waals surface area contributed by atoms with Crippen molar-refractivity contribution in [2.24, 2.45) is 0 Å². The lowest BCUT2D eigenvalue weighted by molar-refractivity contribution is 0.828. The lowest BCUT2D eigenvalue weighted by atomic mass is 10.4. The topological polar surface area (TPSA) is 30.7 Å². The number of pyridine rings is 1. The zero-order chi connectivity index (χ0) is 11.0. The Bertz CT molecular complexity index is 491. The van der Waals surface area contributed by atoms with Gasteiger partial charge in [-0.15, -0.1) is 0 Å². The molecule has 2 rings (SSSR count). The predicted octanol–water partition coefficient (Wildman–Crippen LogP) is 3.65. The molecule has 0 saturated carbocycles. The van der Waals surface area contributed by atoms with E-state index in [-0.39, 0.29) is 0 Å². The van der Waals surface area contributed by atoms with Gasteiger partial charge in [-0.1, -0.05) is 23.2 Å². The minimum Gasteiger partial charge on any atom is -0.235 e. The maximum atomic E-state index is 5.91. The second-order valence-electron chi connectivity index (χ2n) is 2.97. The van der Waals surface area contributed by atoms with Gasteiger partial charge >= 0.3 is 0 Å². The van der Waals surface area contributed by atoms with Gasteiger partial charge < -0.3 is 0 Å². The maximum Gasteiger partial charge on any atom is 0.167 e. The van der Waals surface area contributed by atoms with Gasteiger partial charge in [0.15, 0.2) is 5.82 Å². The number of aryl methyl sites for hydroxylation is 1. The third-order valence-electron chi connectivity index (χ3n) is 1.84. The Morgan fingerprint density at radius 3 is 2.67 bits per heavy atom. The average Bonchev–Trinajstić information content (AvgIpc) is 2.46. The molecule has 0 saturated heterocycles. The van der Waals surface area contributed by atoms with Crippen LogP contribution in [0.3, 0.4) is 0 Å². The quantitative estimate of drug-likeness (QED) is 0.805. The molecule has 2 aromatic heterocycles. The first kappa shape index (κ1) is 10.9. The van der Waals surface area contributed by atoms with Crippen molar-refractivity contribution in [3.05, 3.63) is 38.7 Å². The Labute approximate surface area is 105 Å². The van der Waals surface area contributed by atoms with Crippen LogP contribution in [0.2, 0.25) is 10.0 Å². The Morgan fingerprint density at radius 2 is 2.13 bits per heavy atom. The first-order chi connectivity index (χ1) is 7.08.